The Morgan fingerprint density at radius 3 is 1.49 bits per heavy atom. The molecule has 1 atom stereocenters. The largest absolute Gasteiger partial charge is 0.292 e. The van der Waals surface area contributed by atoms with E-state index in [1.54, 1.807) is 0 Å². The van der Waals surface area contributed by atoms with Crippen LogP contribution in [0.15, 0.2) is 121 Å². The molecule has 0 aromatic heterocycles. The summed E-state index contributed by atoms with van der Waals surface area (Å²) in [6, 6.07) is 43.9. The number of fused-ring (bicyclic) bond motifs is 15. The van der Waals surface area contributed by atoms with Crippen LogP contribution >= 0.6 is 0 Å². The molecule has 4 aliphatic carbocycles. The summed E-state index contributed by atoms with van der Waals surface area (Å²) < 4.78 is 0. The third kappa shape index (κ3) is 2.52. The van der Waals surface area contributed by atoms with Crippen LogP contribution in [0.1, 0.15) is 49.3 Å². The summed E-state index contributed by atoms with van der Waals surface area (Å²) in [5.74, 6) is 0.191. The monoisotopic (exact) mass is 520 g/mol. The van der Waals surface area contributed by atoms with Gasteiger partial charge >= 0.3 is 0 Å². The predicted octanol–water partition coefficient (Wildman–Crippen LogP) is 9.01. The standard InChI is InChI=1S/C40H24O/c41-39-35-21-31-25(17-23-9-1-3-11-27(23)31)19-33(35)29-13-5-7-15-36(29)40(39)37-16-8-6-14-30(37)34-20-26-18-24-10-2-4-12-28(24)32(26)22-38(34)40/h1-16,19-22H,17-18H2. The highest BCUT2D eigenvalue weighted by Gasteiger charge is 2.54. The van der Waals surface area contributed by atoms with Crippen molar-refractivity contribution in [1.29, 1.82) is 0 Å². The number of benzene rings is 6. The van der Waals surface area contributed by atoms with Crippen LogP contribution in [-0.2, 0) is 18.3 Å². The Morgan fingerprint density at radius 1 is 0.366 bits per heavy atom. The first kappa shape index (κ1) is 21.8. The van der Waals surface area contributed by atoms with Crippen LogP contribution < -0.4 is 0 Å². The number of Topliss-reactive ketones (excluding diaryl/α,β-unsaturated/α-hetero) is 1. The number of rotatable bonds is 0. The van der Waals surface area contributed by atoms with Crippen molar-refractivity contribution in [1.82, 2.24) is 0 Å². The van der Waals surface area contributed by atoms with Crippen LogP contribution in [-0.4, -0.2) is 5.78 Å². The van der Waals surface area contributed by atoms with Crippen molar-refractivity contribution in [2.45, 2.75) is 18.3 Å². The number of ketones is 1. The van der Waals surface area contributed by atoms with Crippen LogP contribution in [0.5, 0.6) is 0 Å². The maximum Gasteiger partial charge on any atom is 0.182 e. The number of hydrogen-bond donors (Lipinski definition) is 0. The summed E-state index contributed by atoms with van der Waals surface area (Å²) in [5.41, 5.74) is 18.3. The second-order valence-corrected chi connectivity index (χ2v) is 11.9. The van der Waals surface area contributed by atoms with Crippen molar-refractivity contribution >= 4 is 5.78 Å². The highest BCUT2D eigenvalue weighted by atomic mass is 16.1. The predicted molar refractivity (Wildman–Crippen MR) is 164 cm³/mol. The minimum Gasteiger partial charge on any atom is -0.292 e. The van der Waals surface area contributed by atoms with Crippen molar-refractivity contribution in [2.24, 2.45) is 0 Å². The van der Waals surface area contributed by atoms with Crippen molar-refractivity contribution in [2.75, 3.05) is 0 Å². The van der Waals surface area contributed by atoms with Crippen LogP contribution in [0.2, 0.25) is 0 Å². The lowest BCUT2D eigenvalue weighted by Gasteiger charge is -2.38. The third-order valence-corrected chi connectivity index (χ3v) is 10.1. The molecule has 10 rings (SSSR count). The molecule has 1 spiro atoms. The van der Waals surface area contributed by atoms with E-state index in [-0.39, 0.29) is 5.78 Å². The molecule has 190 valence electrons. The minimum atomic E-state index is -0.881. The van der Waals surface area contributed by atoms with Gasteiger partial charge in [0.05, 0.1) is 0 Å². The first-order chi connectivity index (χ1) is 20.2. The van der Waals surface area contributed by atoms with Gasteiger partial charge in [-0.25, -0.2) is 0 Å². The van der Waals surface area contributed by atoms with E-state index < -0.39 is 5.41 Å². The second kappa shape index (κ2) is 7.38. The van der Waals surface area contributed by atoms with Gasteiger partial charge in [-0.05, 0) is 121 Å². The van der Waals surface area contributed by atoms with Gasteiger partial charge in [-0.15, -0.1) is 0 Å². The Bertz CT molecular complexity index is 2180. The zero-order chi connectivity index (χ0) is 26.9. The second-order valence-electron chi connectivity index (χ2n) is 11.9. The molecule has 0 aliphatic heterocycles. The maximum atomic E-state index is 15.4. The number of carbonyl (C=O) groups is 1. The smallest absolute Gasteiger partial charge is 0.182 e. The molecular formula is C40H24O. The fraction of sp³-hybridized carbons (Fsp3) is 0.0750. The van der Waals surface area contributed by atoms with Crippen LogP contribution in [0.3, 0.4) is 0 Å². The summed E-state index contributed by atoms with van der Waals surface area (Å²) in [6.07, 6.45) is 1.85. The molecule has 0 N–H and O–H groups in total. The van der Waals surface area contributed by atoms with E-state index in [4.69, 9.17) is 0 Å². The Balaban J connectivity index is 1.32. The van der Waals surface area contributed by atoms with Crippen LogP contribution in [0.25, 0.3) is 44.5 Å². The minimum absolute atomic E-state index is 0.191. The molecule has 0 heterocycles. The molecule has 1 nitrogen and oxygen atoms in total. The van der Waals surface area contributed by atoms with Gasteiger partial charge in [0.15, 0.2) is 5.78 Å². The van der Waals surface area contributed by atoms with Crippen molar-refractivity contribution < 1.29 is 4.79 Å². The quantitative estimate of drug-likeness (QED) is 0.195. The molecule has 41 heavy (non-hydrogen) atoms. The molecule has 0 saturated carbocycles. The van der Waals surface area contributed by atoms with Gasteiger partial charge in [0, 0.05) is 5.56 Å². The molecule has 4 aliphatic rings. The number of carbonyl (C=O) groups excluding carboxylic acids is 1. The summed E-state index contributed by atoms with van der Waals surface area (Å²) in [6.45, 7) is 0. The molecule has 1 unspecified atom stereocenters. The molecular weight excluding hydrogens is 496 g/mol. The highest BCUT2D eigenvalue weighted by molar-refractivity contribution is 6.20. The van der Waals surface area contributed by atoms with Gasteiger partial charge in [-0.3, -0.25) is 4.79 Å². The fourth-order valence-corrected chi connectivity index (χ4v) is 8.41. The highest BCUT2D eigenvalue weighted by Crippen LogP contribution is 2.60. The third-order valence-electron chi connectivity index (χ3n) is 10.1. The zero-order valence-corrected chi connectivity index (χ0v) is 22.4. The summed E-state index contributed by atoms with van der Waals surface area (Å²) >= 11 is 0. The van der Waals surface area contributed by atoms with Gasteiger partial charge in [-0.1, -0.05) is 97.1 Å². The van der Waals surface area contributed by atoms with E-state index in [0.29, 0.717) is 0 Å². The molecule has 0 radical (unpaired) electrons. The van der Waals surface area contributed by atoms with E-state index >= 15 is 4.79 Å². The fourth-order valence-electron chi connectivity index (χ4n) is 8.41. The lowest BCUT2D eigenvalue weighted by Crippen LogP contribution is -2.40. The van der Waals surface area contributed by atoms with E-state index in [1.807, 2.05) is 0 Å². The first-order valence-electron chi connectivity index (χ1n) is 14.5. The molecule has 1 heteroatoms. The maximum absolute atomic E-state index is 15.4. The Labute approximate surface area is 238 Å². The van der Waals surface area contributed by atoms with Crippen LogP contribution in [0.4, 0.5) is 0 Å². The Kier molecular flexibility index (Phi) is 3.92. The van der Waals surface area contributed by atoms with Gasteiger partial charge in [0.25, 0.3) is 0 Å². The molecule has 0 bridgehead atoms. The van der Waals surface area contributed by atoms with Crippen molar-refractivity contribution in [3.8, 4) is 44.5 Å². The Morgan fingerprint density at radius 2 is 0.854 bits per heavy atom. The summed E-state index contributed by atoms with van der Waals surface area (Å²) in [7, 11) is 0. The van der Waals surface area contributed by atoms with Crippen LogP contribution in [0, 0.1) is 0 Å². The molecule has 0 saturated heterocycles. The lowest BCUT2D eigenvalue weighted by molar-refractivity contribution is 0.0935. The molecule has 0 fully saturated rings. The average Bonchev–Trinajstić information content (AvgIpc) is 3.66. The van der Waals surface area contributed by atoms with Gasteiger partial charge < -0.3 is 0 Å². The summed E-state index contributed by atoms with van der Waals surface area (Å²) in [5, 5.41) is 0. The van der Waals surface area contributed by atoms with Crippen molar-refractivity contribution in [3.63, 3.8) is 0 Å². The summed E-state index contributed by atoms with van der Waals surface area (Å²) in [4.78, 5) is 15.4. The van der Waals surface area contributed by atoms with Gasteiger partial charge in [0.1, 0.15) is 5.41 Å². The number of hydrogen-bond acceptors (Lipinski definition) is 1. The van der Waals surface area contributed by atoms with Gasteiger partial charge in [-0.2, -0.15) is 0 Å². The Hall–Kier alpha value is -5.01. The average molecular weight is 521 g/mol. The SMILES string of the molecule is O=C1c2cc3c(cc2-c2ccccc2C12c1ccccc1-c1cc4c(cc12)-c1ccccc1C4)Cc1ccccc1-3. The normalized spacial score (nSPS) is 17.7. The zero-order valence-electron chi connectivity index (χ0n) is 22.4. The molecule has 6 aromatic rings. The molecule has 6 aromatic carbocycles. The van der Waals surface area contributed by atoms with Crippen molar-refractivity contribution in [3.05, 3.63) is 166 Å². The lowest BCUT2D eigenvalue weighted by atomic mass is 9.61. The van der Waals surface area contributed by atoms with E-state index in [9.17, 15) is 0 Å². The first-order valence-corrected chi connectivity index (χ1v) is 14.5. The topological polar surface area (TPSA) is 17.1 Å². The van der Waals surface area contributed by atoms with E-state index in [2.05, 4.69) is 121 Å². The molecule has 0 amide bonds. The van der Waals surface area contributed by atoms with E-state index in [0.717, 1.165) is 40.7 Å². The van der Waals surface area contributed by atoms with E-state index in [1.165, 1.54) is 61.2 Å². The van der Waals surface area contributed by atoms with Gasteiger partial charge in [0.2, 0.25) is 0 Å².